The monoisotopic (exact) mass is 416 g/mol. The van der Waals surface area contributed by atoms with Crippen molar-refractivity contribution in [2.75, 3.05) is 0 Å². The highest BCUT2D eigenvalue weighted by Crippen LogP contribution is 2.68. The van der Waals surface area contributed by atoms with E-state index in [-0.39, 0.29) is 35.0 Å². The number of hydrogen-bond donors (Lipinski definition) is 0. The zero-order chi connectivity index (χ0) is 21.9. The van der Waals surface area contributed by atoms with Crippen LogP contribution in [-0.2, 0) is 19.1 Å². The minimum absolute atomic E-state index is 0.000611. The van der Waals surface area contributed by atoms with Crippen LogP contribution < -0.4 is 0 Å². The SMILES string of the molecule is CC(=O)O[C@@H]1CC[C@@]2(C)[C@@H]3CCC4=C(CC[C@@]4(C)[C@@H](C)OC(C)=O)[C@H]3CC[C@@]2(C)C1. The van der Waals surface area contributed by atoms with E-state index < -0.39 is 0 Å². The number of carbonyl (C=O) groups is 2. The molecule has 0 saturated heterocycles. The van der Waals surface area contributed by atoms with Crippen LogP contribution in [0.15, 0.2) is 11.1 Å². The van der Waals surface area contributed by atoms with Gasteiger partial charge in [-0.3, -0.25) is 9.59 Å². The van der Waals surface area contributed by atoms with Crippen LogP contribution in [-0.4, -0.2) is 24.1 Å². The summed E-state index contributed by atoms with van der Waals surface area (Å²) in [4.78, 5) is 23.1. The Bertz CT molecular complexity index is 769. The molecule has 0 aromatic heterocycles. The zero-order valence-electron chi connectivity index (χ0n) is 19.8. The summed E-state index contributed by atoms with van der Waals surface area (Å²) in [7, 11) is 0. The van der Waals surface area contributed by atoms with E-state index in [1.807, 2.05) is 0 Å². The number of carbonyl (C=O) groups excluding carboxylic acids is 2. The summed E-state index contributed by atoms with van der Waals surface area (Å²) in [5.41, 5.74) is 3.88. The maximum Gasteiger partial charge on any atom is 0.302 e. The number of hydrogen-bond acceptors (Lipinski definition) is 4. The second-order valence-corrected chi connectivity index (χ2v) is 11.4. The van der Waals surface area contributed by atoms with Crippen molar-refractivity contribution in [2.45, 2.75) is 112 Å². The first-order valence-corrected chi connectivity index (χ1v) is 12.1. The molecule has 2 saturated carbocycles. The first kappa shape index (κ1) is 21.9. The molecule has 0 aromatic carbocycles. The molecule has 4 nitrogen and oxygen atoms in total. The van der Waals surface area contributed by atoms with E-state index >= 15 is 0 Å². The van der Waals surface area contributed by atoms with Gasteiger partial charge in [-0.05, 0) is 87.4 Å². The predicted molar refractivity (Wildman–Crippen MR) is 117 cm³/mol. The van der Waals surface area contributed by atoms with Gasteiger partial charge in [-0.2, -0.15) is 0 Å². The van der Waals surface area contributed by atoms with Gasteiger partial charge in [0.15, 0.2) is 0 Å². The fourth-order valence-corrected chi connectivity index (χ4v) is 8.06. The summed E-state index contributed by atoms with van der Waals surface area (Å²) in [6.07, 6.45) is 10.4. The lowest BCUT2D eigenvalue weighted by Gasteiger charge is -2.62. The molecule has 0 aromatic rings. The minimum Gasteiger partial charge on any atom is -0.463 e. The lowest BCUT2D eigenvalue weighted by atomic mass is 9.43. The van der Waals surface area contributed by atoms with E-state index in [0.29, 0.717) is 11.3 Å². The molecule has 2 fully saturated rings. The Morgan fingerprint density at radius 3 is 2.37 bits per heavy atom. The summed E-state index contributed by atoms with van der Waals surface area (Å²) in [5.74, 6) is 1.10. The van der Waals surface area contributed by atoms with Crippen molar-refractivity contribution in [3.8, 4) is 0 Å². The summed E-state index contributed by atoms with van der Waals surface area (Å²) < 4.78 is 11.3. The van der Waals surface area contributed by atoms with Gasteiger partial charge < -0.3 is 9.47 Å². The number of allylic oxidation sites excluding steroid dienone is 1. The van der Waals surface area contributed by atoms with Crippen molar-refractivity contribution in [1.29, 1.82) is 0 Å². The van der Waals surface area contributed by atoms with E-state index in [1.54, 1.807) is 11.1 Å². The lowest BCUT2D eigenvalue weighted by Crippen LogP contribution is -2.55. The van der Waals surface area contributed by atoms with Crippen LogP contribution >= 0.6 is 0 Å². The van der Waals surface area contributed by atoms with Gasteiger partial charge in [-0.1, -0.05) is 31.9 Å². The fourth-order valence-electron chi connectivity index (χ4n) is 8.06. The first-order valence-electron chi connectivity index (χ1n) is 12.1. The Kier molecular flexibility index (Phi) is 5.38. The predicted octanol–water partition coefficient (Wildman–Crippen LogP) is 5.98. The number of fused-ring (bicyclic) bond motifs is 4. The van der Waals surface area contributed by atoms with Crippen LogP contribution in [0.1, 0.15) is 99.3 Å². The third-order valence-corrected chi connectivity index (χ3v) is 10.1. The van der Waals surface area contributed by atoms with Crippen LogP contribution in [0.3, 0.4) is 0 Å². The van der Waals surface area contributed by atoms with Gasteiger partial charge in [0.1, 0.15) is 12.2 Å². The Morgan fingerprint density at radius 1 is 0.967 bits per heavy atom. The molecule has 0 bridgehead atoms. The van der Waals surface area contributed by atoms with Gasteiger partial charge in [0.25, 0.3) is 0 Å². The van der Waals surface area contributed by atoms with Crippen molar-refractivity contribution in [3.63, 3.8) is 0 Å². The van der Waals surface area contributed by atoms with E-state index in [2.05, 4.69) is 27.7 Å². The Labute approximate surface area is 182 Å². The molecule has 4 aliphatic rings. The Balaban J connectivity index is 1.59. The number of rotatable bonds is 3. The molecular formula is C26H40O4. The largest absolute Gasteiger partial charge is 0.463 e. The molecule has 30 heavy (non-hydrogen) atoms. The first-order chi connectivity index (χ1) is 14.0. The molecule has 0 N–H and O–H groups in total. The maximum atomic E-state index is 11.6. The van der Waals surface area contributed by atoms with Gasteiger partial charge >= 0.3 is 11.9 Å². The highest BCUT2D eigenvalue weighted by Gasteiger charge is 2.60. The van der Waals surface area contributed by atoms with Crippen molar-refractivity contribution >= 4 is 11.9 Å². The standard InChI is InChI=1S/C26H40O4/c1-16(29-17(2)27)25(5)13-11-20-21-10-12-24(4)15-19(30-18(3)28)9-14-26(24,6)23(21)8-7-22(20)25/h16,19,21,23H,7-15H2,1-6H3/t16-,19-,21-,23-,24+,25+,26+/m1/s1. The highest BCUT2D eigenvalue weighted by molar-refractivity contribution is 5.66. The zero-order valence-corrected chi connectivity index (χ0v) is 19.8. The fraction of sp³-hybridized carbons (Fsp3) is 0.846. The molecule has 0 unspecified atom stereocenters. The lowest BCUT2D eigenvalue weighted by molar-refractivity contribution is -0.166. The van der Waals surface area contributed by atoms with Crippen LogP contribution in [0.25, 0.3) is 0 Å². The van der Waals surface area contributed by atoms with Crippen molar-refractivity contribution in [1.82, 2.24) is 0 Å². The topological polar surface area (TPSA) is 52.6 Å². The van der Waals surface area contributed by atoms with Gasteiger partial charge in [0.05, 0.1) is 0 Å². The van der Waals surface area contributed by atoms with Crippen LogP contribution in [0.5, 0.6) is 0 Å². The third kappa shape index (κ3) is 3.24. The summed E-state index contributed by atoms with van der Waals surface area (Å²) in [6, 6.07) is 0. The summed E-state index contributed by atoms with van der Waals surface area (Å²) in [5, 5.41) is 0. The van der Waals surface area contributed by atoms with Gasteiger partial charge in [-0.25, -0.2) is 0 Å². The molecule has 0 aliphatic heterocycles. The molecule has 0 heterocycles. The average molecular weight is 417 g/mol. The normalized spacial score (nSPS) is 43.9. The average Bonchev–Trinajstić information content (AvgIpc) is 3.00. The second kappa shape index (κ2) is 7.38. The number of esters is 2. The molecule has 7 atom stereocenters. The molecule has 168 valence electrons. The van der Waals surface area contributed by atoms with Crippen LogP contribution in [0, 0.1) is 28.1 Å². The third-order valence-electron chi connectivity index (χ3n) is 10.1. The highest BCUT2D eigenvalue weighted by atomic mass is 16.5. The molecular weight excluding hydrogens is 376 g/mol. The minimum atomic E-state index is -0.169. The molecule has 0 amide bonds. The summed E-state index contributed by atoms with van der Waals surface area (Å²) >= 11 is 0. The van der Waals surface area contributed by atoms with Crippen LogP contribution in [0.2, 0.25) is 0 Å². The van der Waals surface area contributed by atoms with E-state index in [4.69, 9.17) is 9.47 Å². The van der Waals surface area contributed by atoms with E-state index in [9.17, 15) is 9.59 Å². The maximum absolute atomic E-state index is 11.6. The molecule has 0 spiro atoms. The van der Waals surface area contributed by atoms with Crippen molar-refractivity contribution in [2.24, 2.45) is 28.1 Å². The molecule has 4 heteroatoms. The van der Waals surface area contributed by atoms with Gasteiger partial charge in [-0.15, -0.1) is 0 Å². The van der Waals surface area contributed by atoms with Gasteiger partial charge in [0, 0.05) is 19.3 Å². The van der Waals surface area contributed by atoms with Crippen molar-refractivity contribution in [3.05, 3.63) is 11.1 Å². The molecule has 0 radical (unpaired) electrons. The molecule has 4 aliphatic carbocycles. The Hall–Kier alpha value is -1.32. The summed E-state index contributed by atoms with van der Waals surface area (Å²) in [6.45, 7) is 12.5. The smallest absolute Gasteiger partial charge is 0.302 e. The Morgan fingerprint density at radius 2 is 1.70 bits per heavy atom. The van der Waals surface area contributed by atoms with Crippen molar-refractivity contribution < 1.29 is 19.1 Å². The molecule has 4 rings (SSSR count). The quantitative estimate of drug-likeness (QED) is 0.419. The van der Waals surface area contributed by atoms with E-state index in [1.165, 1.54) is 39.5 Å². The van der Waals surface area contributed by atoms with Crippen LogP contribution in [0.4, 0.5) is 0 Å². The van der Waals surface area contributed by atoms with E-state index in [0.717, 1.165) is 38.0 Å². The second-order valence-electron chi connectivity index (χ2n) is 11.4. The van der Waals surface area contributed by atoms with Gasteiger partial charge in [0.2, 0.25) is 0 Å². The number of ether oxygens (including phenoxy) is 2.